The minimum Gasteiger partial charge on any atom is -0.494 e. The van der Waals surface area contributed by atoms with Crippen LogP contribution in [0.1, 0.15) is 18.9 Å². The molecule has 2 heterocycles. The molecule has 2 N–H and O–H groups in total. The molecule has 3 aromatic rings. The molecule has 0 radical (unpaired) electrons. The minimum absolute atomic E-state index is 0.546. The zero-order valence-corrected chi connectivity index (χ0v) is 17.5. The van der Waals surface area contributed by atoms with Crippen molar-refractivity contribution in [3.8, 4) is 17.4 Å². The average molecular weight is 408 g/mol. The predicted octanol–water partition coefficient (Wildman–Crippen LogP) is 3.83. The van der Waals surface area contributed by atoms with Crippen molar-refractivity contribution < 1.29 is 9.47 Å². The van der Waals surface area contributed by atoms with Gasteiger partial charge < -0.3 is 24.7 Å². The highest BCUT2D eigenvalue weighted by Gasteiger charge is 2.08. The molecular formula is C23H29N5O2. The molecular weight excluding hydrogens is 378 g/mol. The Bertz CT molecular complexity index is 908. The number of rotatable bonds is 10. The first kappa shape index (κ1) is 21.2. The Morgan fingerprint density at radius 3 is 2.53 bits per heavy atom. The van der Waals surface area contributed by atoms with E-state index in [0.29, 0.717) is 24.8 Å². The van der Waals surface area contributed by atoms with Crippen LogP contribution in [0.25, 0.3) is 0 Å². The smallest absolute Gasteiger partial charge is 0.224 e. The summed E-state index contributed by atoms with van der Waals surface area (Å²) in [5.41, 5.74) is 0.942. The van der Waals surface area contributed by atoms with E-state index in [1.54, 1.807) is 13.2 Å². The minimum atomic E-state index is 0.546. The van der Waals surface area contributed by atoms with Crippen LogP contribution in [0.5, 0.6) is 17.4 Å². The second-order valence-electron chi connectivity index (χ2n) is 6.66. The van der Waals surface area contributed by atoms with Gasteiger partial charge in [0.15, 0.2) is 5.96 Å². The quantitative estimate of drug-likeness (QED) is 0.395. The summed E-state index contributed by atoms with van der Waals surface area (Å²) in [6, 6.07) is 15.5. The fourth-order valence-electron chi connectivity index (χ4n) is 2.81. The van der Waals surface area contributed by atoms with Crippen molar-refractivity contribution in [3.05, 3.63) is 72.7 Å². The van der Waals surface area contributed by atoms with E-state index in [4.69, 9.17) is 9.47 Å². The van der Waals surface area contributed by atoms with Crippen LogP contribution in [0.15, 0.2) is 72.1 Å². The Balaban J connectivity index is 1.53. The fraction of sp³-hybridized carbons (Fsp3) is 0.304. The van der Waals surface area contributed by atoms with Crippen molar-refractivity contribution in [3.63, 3.8) is 0 Å². The number of aliphatic imine (C=N–C) groups is 1. The molecule has 0 aliphatic rings. The number of benzene rings is 1. The Kier molecular flexibility index (Phi) is 8.14. The van der Waals surface area contributed by atoms with Crippen molar-refractivity contribution in [2.45, 2.75) is 26.4 Å². The maximum Gasteiger partial charge on any atom is 0.224 e. The maximum atomic E-state index is 5.99. The summed E-state index contributed by atoms with van der Waals surface area (Å²) in [4.78, 5) is 8.67. The average Bonchev–Trinajstić information content (AvgIpc) is 3.30. The summed E-state index contributed by atoms with van der Waals surface area (Å²) in [6.07, 6.45) is 6.79. The van der Waals surface area contributed by atoms with Gasteiger partial charge in [-0.3, -0.25) is 4.99 Å². The summed E-state index contributed by atoms with van der Waals surface area (Å²) in [7, 11) is 1.76. The van der Waals surface area contributed by atoms with Crippen LogP contribution in [0.2, 0.25) is 0 Å². The standard InChI is InChI=1S/C23H29N5O2/c1-3-17-29-20-8-10-21(11-9-20)30-22-19(7-6-12-25-22)18-27-23(24-2)26-13-16-28-14-4-5-15-28/h4-12,14-15H,3,13,16-18H2,1-2H3,(H2,24,26,27). The van der Waals surface area contributed by atoms with E-state index < -0.39 is 0 Å². The van der Waals surface area contributed by atoms with Gasteiger partial charge in [0.25, 0.3) is 0 Å². The number of pyridine rings is 1. The molecule has 0 fully saturated rings. The first-order valence-corrected chi connectivity index (χ1v) is 10.2. The van der Waals surface area contributed by atoms with E-state index in [9.17, 15) is 0 Å². The van der Waals surface area contributed by atoms with Gasteiger partial charge in [-0.15, -0.1) is 0 Å². The predicted molar refractivity (Wildman–Crippen MR) is 119 cm³/mol. The molecule has 30 heavy (non-hydrogen) atoms. The molecule has 0 aliphatic heterocycles. The zero-order valence-electron chi connectivity index (χ0n) is 17.5. The largest absolute Gasteiger partial charge is 0.494 e. The Morgan fingerprint density at radius 1 is 1.03 bits per heavy atom. The Morgan fingerprint density at radius 2 is 1.80 bits per heavy atom. The molecule has 0 atom stereocenters. The first-order valence-electron chi connectivity index (χ1n) is 10.2. The first-order chi connectivity index (χ1) is 14.8. The molecule has 0 aliphatic carbocycles. The third-order valence-electron chi connectivity index (χ3n) is 4.36. The van der Waals surface area contributed by atoms with E-state index >= 15 is 0 Å². The fourth-order valence-corrected chi connectivity index (χ4v) is 2.81. The van der Waals surface area contributed by atoms with E-state index in [1.807, 2.05) is 60.9 Å². The number of aromatic nitrogens is 2. The molecule has 0 amide bonds. The molecule has 0 saturated heterocycles. The van der Waals surface area contributed by atoms with Crippen LogP contribution in [-0.4, -0.2) is 35.7 Å². The maximum absolute atomic E-state index is 5.99. The van der Waals surface area contributed by atoms with Crippen molar-refractivity contribution >= 4 is 5.96 Å². The Labute approximate surface area is 177 Å². The lowest BCUT2D eigenvalue weighted by molar-refractivity contribution is 0.317. The third-order valence-corrected chi connectivity index (χ3v) is 4.36. The van der Waals surface area contributed by atoms with Crippen LogP contribution in [-0.2, 0) is 13.1 Å². The molecule has 0 bridgehead atoms. The van der Waals surface area contributed by atoms with Gasteiger partial charge in [0.05, 0.1) is 6.61 Å². The summed E-state index contributed by atoms with van der Waals surface area (Å²) < 4.78 is 13.7. The van der Waals surface area contributed by atoms with Gasteiger partial charge in [-0.1, -0.05) is 13.0 Å². The lowest BCUT2D eigenvalue weighted by atomic mass is 10.2. The van der Waals surface area contributed by atoms with Gasteiger partial charge in [0, 0.05) is 50.8 Å². The molecule has 7 nitrogen and oxygen atoms in total. The van der Waals surface area contributed by atoms with Gasteiger partial charge in [-0.25, -0.2) is 4.98 Å². The summed E-state index contributed by atoms with van der Waals surface area (Å²) in [5.74, 6) is 2.85. The molecule has 7 heteroatoms. The van der Waals surface area contributed by atoms with Crippen molar-refractivity contribution in [2.75, 3.05) is 20.2 Å². The van der Waals surface area contributed by atoms with Crippen LogP contribution in [0.3, 0.4) is 0 Å². The zero-order chi connectivity index (χ0) is 21.0. The van der Waals surface area contributed by atoms with Crippen molar-refractivity contribution in [1.82, 2.24) is 20.2 Å². The van der Waals surface area contributed by atoms with E-state index in [-0.39, 0.29) is 0 Å². The van der Waals surface area contributed by atoms with Gasteiger partial charge in [0.2, 0.25) is 5.88 Å². The number of nitrogens with zero attached hydrogens (tertiary/aromatic N) is 3. The second kappa shape index (κ2) is 11.5. The van der Waals surface area contributed by atoms with Crippen molar-refractivity contribution in [1.29, 1.82) is 0 Å². The monoisotopic (exact) mass is 407 g/mol. The highest BCUT2D eigenvalue weighted by molar-refractivity contribution is 5.79. The van der Waals surface area contributed by atoms with Gasteiger partial charge in [0.1, 0.15) is 11.5 Å². The van der Waals surface area contributed by atoms with Crippen LogP contribution in [0, 0.1) is 0 Å². The second-order valence-corrected chi connectivity index (χ2v) is 6.66. The third kappa shape index (κ3) is 6.55. The highest BCUT2D eigenvalue weighted by Crippen LogP contribution is 2.25. The number of nitrogens with one attached hydrogen (secondary N) is 2. The van der Waals surface area contributed by atoms with Crippen LogP contribution in [0.4, 0.5) is 0 Å². The van der Waals surface area contributed by atoms with Crippen molar-refractivity contribution in [2.24, 2.45) is 4.99 Å². The van der Waals surface area contributed by atoms with E-state index in [1.165, 1.54) is 0 Å². The van der Waals surface area contributed by atoms with Crippen LogP contribution < -0.4 is 20.1 Å². The molecule has 3 rings (SSSR count). The molecule has 2 aromatic heterocycles. The van der Waals surface area contributed by atoms with Gasteiger partial charge in [-0.05, 0) is 48.9 Å². The molecule has 1 aromatic carbocycles. The molecule has 0 spiro atoms. The van der Waals surface area contributed by atoms with E-state index in [2.05, 4.69) is 32.1 Å². The van der Waals surface area contributed by atoms with Gasteiger partial charge in [-0.2, -0.15) is 0 Å². The van der Waals surface area contributed by atoms with Crippen LogP contribution >= 0.6 is 0 Å². The number of hydrogen-bond acceptors (Lipinski definition) is 4. The number of hydrogen-bond donors (Lipinski definition) is 2. The Hall–Kier alpha value is -3.48. The van der Waals surface area contributed by atoms with Gasteiger partial charge >= 0.3 is 0 Å². The molecule has 158 valence electrons. The summed E-state index contributed by atoms with van der Waals surface area (Å²) >= 11 is 0. The lowest BCUT2D eigenvalue weighted by Gasteiger charge is -2.14. The lowest BCUT2D eigenvalue weighted by Crippen LogP contribution is -2.38. The number of guanidine groups is 1. The summed E-state index contributed by atoms with van der Waals surface area (Å²) in [6.45, 7) is 4.98. The van der Waals surface area contributed by atoms with E-state index in [0.717, 1.165) is 36.8 Å². The highest BCUT2D eigenvalue weighted by atomic mass is 16.5. The molecule has 0 unspecified atom stereocenters. The molecule has 0 saturated carbocycles. The normalized spacial score (nSPS) is 11.2. The number of ether oxygens (including phenoxy) is 2. The summed E-state index contributed by atoms with van der Waals surface area (Å²) in [5, 5.41) is 6.63. The SMILES string of the molecule is CCCOc1ccc(Oc2ncccc2CNC(=NC)NCCn2cccc2)cc1. The topological polar surface area (TPSA) is 72.7 Å².